The highest BCUT2D eigenvalue weighted by molar-refractivity contribution is 5.84. The Morgan fingerprint density at radius 2 is 2.22 bits per heavy atom. The molecule has 0 atom stereocenters. The highest BCUT2D eigenvalue weighted by Gasteiger charge is 2.25. The Bertz CT molecular complexity index is 631. The second-order valence-electron chi connectivity index (χ2n) is 4.13. The highest BCUT2D eigenvalue weighted by Crippen LogP contribution is 2.33. The van der Waals surface area contributed by atoms with Crippen molar-refractivity contribution in [3.05, 3.63) is 35.6 Å². The van der Waals surface area contributed by atoms with Crippen molar-refractivity contribution in [2.75, 3.05) is 11.9 Å². The molecule has 92 valence electrons. The highest BCUT2D eigenvalue weighted by atomic mass is 19.1. The minimum Gasteiger partial charge on any atom is -0.369 e. The molecule has 1 aliphatic heterocycles. The summed E-state index contributed by atoms with van der Waals surface area (Å²) in [5.41, 5.74) is 7.38. The van der Waals surface area contributed by atoms with Gasteiger partial charge in [-0.25, -0.2) is 4.39 Å². The third kappa shape index (κ3) is 1.46. The molecule has 0 aliphatic carbocycles. The van der Waals surface area contributed by atoms with E-state index in [-0.39, 0.29) is 11.8 Å². The first kappa shape index (κ1) is 10.8. The van der Waals surface area contributed by atoms with Gasteiger partial charge < -0.3 is 11.1 Å². The fourth-order valence-electron chi connectivity index (χ4n) is 2.22. The van der Waals surface area contributed by atoms with Crippen molar-refractivity contribution in [1.82, 2.24) is 9.78 Å². The van der Waals surface area contributed by atoms with E-state index < -0.39 is 0 Å². The number of benzene rings is 1. The van der Waals surface area contributed by atoms with Crippen molar-refractivity contribution in [3.63, 3.8) is 0 Å². The standard InChI is InChI=1S/C12H12FN5/c13-9-4-2-1-3-7(9)10-8-5-6-16-11(8)18(17-10)12(14)15/h1-4,16H,5-6H2,(H3,14,15). The van der Waals surface area contributed by atoms with Gasteiger partial charge in [-0.05, 0) is 18.6 Å². The van der Waals surface area contributed by atoms with E-state index in [9.17, 15) is 4.39 Å². The van der Waals surface area contributed by atoms with Gasteiger partial charge in [-0.2, -0.15) is 9.78 Å². The van der Waals surface area contributed by atoms with Gasteiger partial charge in [-0.15, -0.1) is 0 Å². The molecule has 0 bridgehead atoms. The van der Waals surface area contributed by atoms with E-state index in [0.717, 1.165) is 18.5 Å². The molecule has 0 amide bonds. The molecule has 5 nitrogen and oxygen atoms in total. The zero-order chi connectivity index (χ0) is 12.7. The van der Waals surface area contributed by atoms with Gasteiger partial charge in [-0.3, -0.25) is 5.41 Å². The number of nitrogen functional groups attached to an aromatic ring is 1. The number of rotatable bonds is 1. The number of nitrogens with one attached hydrogen (secondary N) is 2. The minimum atomic E-state index is -0.319. The summed E-state index contributed by atoms with van der Waals surface area (Å²) in [5, 5.41) is 14.8. The Kier molecular flexibility index (Phi) is 2.29. The van der Waals surface area contributed by atoms with Crippen molar-refractivity contribution < 1.29 is 4.39 Å². The number of hydrogen-bond acceptors (Lipinski definition) is 3. The van der Waals surface area contributed by atoms with E-state index in [2.05, 4.69) is 10.4 Å². The fourth-order valence-corrected chi connectivity index (χ4v) is 2.22. The largest absolute Gasteiger partial charge is 0.369 e. The van der Waals surface area contributed by atoms with Crippen molar-refractivity contribution in [3.8, 4) is 11.3 Å². The Labute approximate surface area is 103 Å². The molecule has 1 aromatic heterocycles. The molecule has 6 heteroatoms. The second-order valence-corrected chi connectivity index (χ2v) is 4.13. The van der Waals surface area contributed by atoms with E-state index in [0.29, 0.717) is 17.1 Å². The zero-order valence-corrected chi connectivity index (χ0v) is 9.57. The quantitative estimate of drug-likeness (QED) is 0.525. The fraction of sp³-hybridized carbons (Fsp3) is 0.167. The lowest BCUT2D eigenvalue weighted by atomic mass is 10.1. The number of nitrogens with two attached hydrogens (primary N) is 1. The lowest BCUT2D eigenvalue weighted by Crippen LogP contribution is -2.23. The second kappa shape index (κ2) is 3.83. The summed E-state index contributed by atoms with van der Waals surface area (Å²) in [6, 6.07) is 6.48. The van der Waals surface area contributed by atoms with Crippen LogP contribution >= 0.6 is 0 Å². The molecule has 0 unspecified atom stereocenters. The van der Waals surface area contributed by atoms with Crippen molar-refractivity contribution in [2.45, 2.75) is 6.42 Å². The van der Waals surface area contributed by atoms with Crippen LogP contribution in [-0.4, -0.2) is 22.3 Å². The van der Waals surface area contributed by atoms with Gasteiger partial charge in [0.2, 0.25) is 5.96 Å². The Morgan fingerprint density at radius 1 is 1.44 bits per heavy atom. The monoisotopic (exact) mass is 245 g/mol. The summed E-state index contributed by atoms with van der Waals surface area (Å²) in [5.74, 6) is 0.199. The van der Waals surface area contributed by atoms with E-state index in [1.807, 2.05) is 0 Å². The van der Waals surface area contributed by atoms with Crippen LogP contribution in [0.4, 0.5) is 10.2 Å². The molecule has 0 fully saturated rings. The molecule has 0 spiro atoms. The predicted molar refractivity (Wildman–Crippen MR) is 67.1 cm³/mol. The number of fused-ring (bicyclic) bond motifs is 1. The van der Waals surface area contributed by atoms with E-state index in [1.54, 1.807) is 18.2 Å². The maximum absolute atomic E-state index is 13.8. The molecule has 2 heterocycles. The summed E-state index contributed by atoms with van der Waals surface area (Å²) in [6.07, 6.45) is 0.756. The number of halogens is 1. The van der Waals surface area contributed by atoms with Crippen LogP contribution < -0.4 is 11.1 Å². The molecule has 3 rings (SSSR count). The summed E-state index contributed by atoms with van der Waals surface area (Å²) < 4.78 is 15.1. The molecule has 1 aromatic carbocycles. The molecule has 0 radical (unpaired) electrons. The van der Waals surface area contributed by atoms with Gasteiger partial charge >= 0.3 is 0 Å². The maximum Gasteiger partial charge on any atom is 0.215 e. The maximum atomic E-state index is 13.8. The number of hydrogen-bond donors (Lipinski definition) is 3. The van der Waals surface area contributed by atoms with E-state index in [4.69, 9.17) is 11.1 Å². The summed E-state index contributed by atoms with van der Waals surface area (Å²) >= 11 is 0. The number of aromatic nitrogens is 2. The summed E-state index contributed by atoms with van der Waals surface area (Å²) in [6.45, 7) is 0.752. The van der Waals surface area contributed by atoms with Crippen LogP contribution in [0, 0.1) is 11.2 Å². The molecular weight excluding hydrogens is 233 g/mol. The number of nitrogens with zero attached hydrogens (tertiary/aromatic N) is 2. The van der Waals surface area contributed by atoms with Gasteiger partial charge in [0.15, 0.2) is 0 Å². The third-order valence-corrected chi connectivity index (χ3v) is 3.01. The average molecular weight is 245 g/mol. The van der Waals surface area contributed by atoms with Crippen LogP contribution in [-0.2, 0) is 6.42 Å². The lowest BCUT2D eigenvalue weighted by molar-refractivity contribution is 0.630. The minimum absolute atomic E-state index is 0.178. The molecule has 0 saturated heterocycles. The van der Waals surface area contributed by atoms with Gasteiger partial charge in [0.05, 0.1) is 0 Å². The van der Waals surface area contributed by atoms with Gasteiger partial charge in [0.25, 0.3) is 0 Å². The van der Waals surface area contributed by atoms with E-state index in [1.165, 1.54) is 10.7 Å². The first-order valence-electron chi connectivity index (χ1n) is 5.63. The SMILES string of the molecule is N=C(N)n1nc(-c2ccccc2F)c2c1NCC2. The summed E-state index contributed by atoms with van der Waals surface area (Å²) in [4.78, 5) is 0. The average Bonchev–Trinajstić information content (AvgIpc) is 2.90. The van der Waals surface area contributed by atoms with E-state index >= 15 is 0 Å². The molecule has 18 heavy (non-hydrogen) atoms. The molecule has 4 N–H and O–H groups in total. The Morgan fingerprint density at radius 3 is 2.94 bits per heavy atom. The van der Waals surface area contributed by atoms with Crippen LogP contribution in [0.3, 0.4) is 0 Å². The molecule has 1 aliphatic rings. The molecular formula is C12H12FN5. The topological polar surface area (TPSA) is 79.7 Å². The first-order chi connectivity index (χ1) is 8.68. The normalized spacial score (nSPS) is 13.2. The third-order valence-electron chi connectivity index (χ3n) is 3.01. The molecule has 2 aromatic rings. The van der Waals surface area contributed by atoms with Crippen LogP contribution in [0.1, 0.15) is 5.56 Å². The lowest BCUT2D eigenvalue weighted by Gasteiger charge is -2.02. The van der Waals surface area contributed by atoms with Gasteiger partial charge in [0, 0.05) is 17.7 Å². The molecule has 0 saturated carbocycles. The van der Waals surface area contributed by atoms with Crippen molar-refractivity contribution >= 4 is 11.8 Å². The van der Waals surface area contributed by atoms with Gasteiger partial charge in [0.1, 0.15) is 17.3 Å². The smallest absolute Gasteiger partial charge is 0.215 e. The zero-order valence-electron chi connectivity index (χ0n) is 9.57. The summed E-state index contributed by atoms with van der Waals surface area (Å²) in [7, 11) is 0. The first-order valence-corrected chi connectivity index (χ1v) is 5.63. The Balaban J connectivity index is 2.23. The van der Waals surface area contributed by atoms with Crippen molar-refractivity contribution in [1.29, 1.82) is 5.41 Å². The van der Waals surface area contributed by atoms with Crippen LogP contribution in [0.25, 0.3) is 11.3 Å². The Hall–Kier alpha value is -2.37. The van der Waals surface area contributed by atoms with Crippen LogP contribution in [0.2, 0.25) is 0 Å². The predicted octanol–water partition coefficient (Wildman–Crippen LogP) is 1.40. The van der Waals surface area contributed by atoms with Crippen molar-refractivity contribution in [2.24, 2.45) is 5.73 Å². The van der Waals surface area contributed by atoms with Crippen LogP contribution in [0.5, 0.6) is 0 Å². The van der Waals surface area contributed by atoms with Gasteiger partial charge in [-0.1, -0.05) is 12.1 Å². The number of anilines is 1. The van der Waals surface area contributed by atoms with Crippen LogP contribution in [0.15, 0.2) is 24.3 Å².